The van der Waals surface area contributed by atoms with Crippen molar-refractivity contribution in [3.05, 3.63) is 82.1 Å². The molecule has 0 bridgehead atoms. The summed E-state index contributed by atoms with van der Waals surface area (Å²) in [5.74, 6) is -0.406. The van der Waals surface area contributed by atoms with Gasteiger partial charge in [-0.3, -0.25) is 4.79 Å². The third kappa shape index (κ3) is 4.32. The van der Waals surface area contributed by atoms with Crippen LogP contribution in [0, 0.1) is 11.3 Å². The number of rotatable bonds is 4. The van der Waals surface area contributed by atoms with Crippen molar-refractivity contribution < 1.29 is 9.90 Å². The smallest absolute Gasteiger partial charge is 0.266 e. The molecular weight excluding hydrogens is 385 g/mol. The number of aromatic nitrogens is 1. The minimum absolute atomic E-state index is 0.0696. The number of amides is 1. The van der Waals surface area contributed by atoms with Gasteiger partial charge in [0.05, 0.1) is 10.0 Å². The first-order chi connectivity index (χ1) is 13.0. The Bertz CT molecular complexity index is 1060. The number of aromatic hydroxyl groups is 1. The van der Waals surface area contributed by atoms with Gasteiger partial charge in [-0.2, -0.15) is 5.26 Å². The van der Waals surface area contributed by atoms with E-state index in [2.05, 4.69) is 5.32 Å². The molecule has 0 spiro atoms. The maximum atomic E-state index is 12.4. The van der Waals surface area contributed by atoms with E-state index >= 15 is 0 Å². The van der Waals surface area contributed by atoms with Gasteiger partial charge in [0.15, 0.2) is 0 Å². The highest BCUT2D eigenvalue weighted by atomic mass is 35.5. The molecule has 27 heavy (non-hydrogen) atoms. The van der Waals surface area contributed by atoms with Gasteiger partial charge in [-0.25, -0.2) is 0 Å². The SMILES string of the molecule is N#CC(=Cc1cccn1-c1ccc(O)cc1)C(=O)Nc1ccc(Cl)c(Cl)c1. The van der Waals surface area contributed by atoms with Gasteiger partial charge in [0.25, 0.3) is 5.91 Å². The summed E-state index contributed by atoms with van der Waals surface area (Å²) >= 11 is 11.8. The van der Waals surface area contributed by atoms with Crippen molar-refractivity contribution in [2.24, 2.45) is 0 Å². The summed E-state index contributed by atoms with van der Waals surface area (Å²) in [6, 6.07) is 16.7. The lowest BCUT2D eigenvalue weighted by Gasteiger charge is -2.08. The molecule has 0 saturated carbocycles. The summed E-state index contributed by atoms with van der Waals surface area (Å²) < 4.78 is 1.79. The maximum Gasteiger partial charge on any atom is 0.266 e. The predicted molar refractivity (Wildman–Crippen MR) is 106 cm³/mol. The molecule has 0 aliphatic heterocycles. The Morgan fingerprint density at radius 1 is 1.11 bits per heavy atom. The summed E-state index contributed by atoms with van der Waals surface area (Å²) in [4.78, 5) is 12.4. The lowest BCUT2D eigenvalue weighted by atomic mass is 10.2. The lowest BCUT2D eigenvalue weighted by molar-refractivity contribution is -0.112. The Labute approximate surface area is 165 Å². The second-order valence-corrected chi connectivity index (χ2v) is 6.39. The molecule has 134 valence electrons. The van der Waals surface area contributed by atoms with Gasteiger partial charge < -0.3 is 15.0 Å². The fraction of sp³-hybridized carbons (Fsp3) is 0. The molecule has 1 heterocycles. The number of anilines is 1. The van der Waals surface area contributed by atoms with Gasteiger partial charge in [-0.05, 0) is 60.7 Å². The van der Waals surface area contributed by atoms with E-state index in [1.807, 2.05) is 6.07 Å². The molecule has 0 radical (unpaired) electrons. The first kappa shape index (κ1) is 18.6. The summed E-state index contributed by atoms with van der Waals surface area (Å²) in [6.07, 6.45) is 3.28. The minimum Gasteiger partial charge on any atom is -0.508 e. The summed E-state index contributed by atoms with van der Waals surface area (Å²) in [6.45, 7) is 0. The van der Waals surface area contributed by atoms with E-state index in [1.165, 1.54) is 12.1 Å². The standard InChI is InChI=1S/C20H13Cl2N3O2/c21-18-8-3-14(11-19(18)22)24-20(27)13(12-23)10-16-2-1-9-25(16)15-4-6-17(26)7-5-15/h1-11,26H,(H,24,27). The zero-order valence-corrected chi connectivity index (χ0v) is 15.4. The van der Waals surface area contributed by atoms with Crippen LogP contribution in [-0.4, -0.2) is 15.6 Å². The summed E-state index contributed by atoms with van der Waals surface area (Å²) in [5.41, 5.74) is 1.79. The molecule has 0 unspecified atom stereocenters. The van der Waals surface area contributed by atoms with E-state index in [9.17, 15) is 15.2 Å². The molecule has 1 aromatic heterocycles. The van der Waals surface area contributed by atoms with E-state index in [0.717, 1.165) is 5.69 Å². The monoisotopic (exact) mass is 397 g/mol. The van der Waals surface area contributed by atoms with Gasteiger partial charge >= 0.3 is 0 Å². The molecule has 0 fully saturated rings. The number of phenols is 1. The van der Waals surface area contributed by atoms with Gasteiger partial charge in [-0.1, -0.05) is 23.2 Å². The number of carbonyl (C=O) groups is 1. The topological polar surface area (TPSA) is 78.1 Å². The number of nitrogens with one attached hydrogen (secondary N) is 1. The summed E-state index contributed by atoms with van der Waals surface area (Å²) in [7, 11) is 0. The minimum atomic E-state index is -0.561. The predicted octanol–water partition coefficient (Wildman–Crippen LogP) is 5.04. The third-order valence-corrected chi connectivity index (χ3v) is 4.48. The van der Waals surface area contributed by atoms with Crippen LogP contribution in [0.25, 0.3) is 11.8 Å². The van der Waals surface area contributed by atoms with Crippen LogP contribution in [0.1, 0.15) is 5.69 Å². The maximum absolute atomic E-state index is 12.4. The van der Waals surface area contributed by atoms with E-state index in [1.54, 1.807) is 59.3 Å². The van der Waals surface area contributed by atoms with Crippen molar-refractivity contribution in [2.45, 2.75) is 0 Å². The molecule has 0 atom stereocenters. The van der Waals surface area contributed by atoms with Crippen LogP contribution in [0.2, 0.25) is 10.0 Å². The van der Waals surface area contributed by atoms with Gasteiger partial charge in [-0.15, -0.1) is 0 Å². The number of halogens is 2. The lowest BCUT2D eigenvalue weighted by Crippen LogP contribution is -2.13. The molecule has 1 amide bonds. The largest absolute Gasteiger partial charge is 0.508 e. The van der Waals surface area contributed by atoms with Crippen LogP contribution < -0.4 is 5.32 Å². The highest BCUT2D eigenvalue weighted by Gasteiger charge is 2.12. The van der Waals surface area contributed by atoms with Crippen LogP contribution in [-0.2, 0) is 4.79 Å². The first-order valence-electron chi connectivity index (χ1n) is 7.83. The Morgan fingerprint density at radius 3 is 2.52 bits per heavy atom. The van der Waals surface area contributed by atoms with Crippen LogP contribution in [0.3, 0.4) is 0 Å². The molecule has 2 aromatic carbocycles. The van der Waals surface area contributed by atoms with E-state index in [4.69, 9.17) is 23.2 Å². The van der Waals surface area contributed by atoms with Crippen LogP contribution in [0.5, 0.6) is 5.75 Å². The molecule has 5 nitrogen and oxygen atoms in total. The third-order valence-electron chi connectivity index (χ3n) is 3.74. The fourth-order valence-corrected chi connectivity index (χ4v) is 2.73. The Morgan fingerprint density at radius 2 is 1.85 bits per heavy atom. The Kier molecular flexibility index (Phi) is 5.51. The van der Waals surface area contributed by atoms with E-state index < -0.39 is 5.91 Å². The number of phenolic OH excluding ortho intramolecular Hbond substituents is 1. The van der Waals surface area contributed by atoms with Crippen molar-refractivity contribution in [3.63, 3.8) is 0 Å². The Hall–Kier alpha value is -3.20. The Balaban J connectivity index is 1.87. The van der Waals surface area contributed by atoms with Crippen molar-refractivity contribution in [1.29, 1.82) is 5.26 Å². The number of nitriles is 1. The number of hydrogen-bond donors (Lipinski definition) is 2. The second-order valence-electron chi connectivity index (χ2n) is 5.57. The molecule has 2 N–H and O–H groups in total. The highest BCUT2D eigenvalue weighted by molar-refractivity contribution is 6.42. The van der Waals surface area contributed by atoms with Crippen molar-refractivity contribution >= 4 is 40.9 Å². The molecule has 0 aliphatic carbocycles. The van der Waals surface area contributed by atoms with Crippen molar-refractivity contribution in [2.75, 3.05) is 5.32 Å². The number of carbonyl (C=O) groups excluding carboxylic acids is 1. The van der Waals surface area contributed by atoms with Gasteiger partial charge in [0.2, 0.25) is 0 Å². The van der Waals surface area contributed by atoms with Gasteiger partial charge in [0, 0.05) is 23.3 Å². The highest BCUT2D eigenvalue weighted by Crippen LogP contribution is 2.25. The molecule has 3 aromatic rings. The molecule has 0 aliphatic rings. The average molecular weight is 398 g/mol. The van der Waals surface area contributed by atoms with E-state index in [-0.39, 0.29) is 11.3 Å². The molecular formula is C20H13Cl2N3O2. The molecule has 7 heteroatoms. The van der Waals surface area contributed by atoms with Crippen molar-refractivity contribution in [3.8, 4) is 17.5 Å². The zero-order valence-electron chi connectivity index (χ0n) is 13.9. The number of hydrogen-bond acceptors (Lipinski definition) is 3. The first-order valence-corrected chi connectivity index (χ1v) is 8.58. The number of benzene rings is 2. The number of nitrogens with zero attached hydrogens (tertiary/aromatic N) is 2. The van der Waals surface area contributed by atoms with E-state index in [0.29, 0.717) is 21.4 Å². The van der Waals surface area contributed by atoms with Gasteiger partial charge in [0.1, 0.15) is 17.4 Å². The zero-order chi connectivity index (χ0) is 19.4. The second kappa shape index (κ2) is 8.00. The van der Waals surface area contributed by atoms with Crippen LogP contribution >= 0.6 is 23.2 Å². The molecule has 3 rings (SSSR count). The van der Waals surface area contributed by atoms with Crippen LogP contribution in [0.15, 0.2) is 66.4 Å². The quantitative estimate of drug-likeness (QED) is 0.478. The van der Waals surface area contributed by atoms with Crippen molar-refractivity contribution in [1.82, 2.24) is 4.57 Å². The normalized spacial score (nSPS) is 11.1. The average Bonchev–Trinajstić information content (AvgIpc) is 3.11. The van der Waals surface area contributed by atoms with Crippen LogP contribution in [0.4, 0.5) is 5.69 Å². The molecule has 0 saturated heterocycles. The fourth-order valence-electron chi connectivity index (χ4n) is 2.43. The summed E-state index contributed by atoms with van der Waals surface area (Å²) in [5, 5.41) is 22.1.